The highest BCUT2D eigenvalue weighted by atomic mass is 31.2. The van der Waals surface area contributed by atoms with Crippen molar-refractivity contribution in [3.63, 3.8) is 0 Å². The number of phosphoric ester groups is 1. The maximum absolute atomic E-state index is 10.5. The Morgan fingerprint density at radius 2 is 1.83 bits per heavy atom. The molecule has 0 aliphatic carbocycles. The minimum atomic E-state index is -4.66. The first kappa shape index (κ1) is 21.1. The molecule has 0 aliphatic heterocycles. The van der Waals surface area contributed by atoms with Crippen LogP contribution in [-0.4, -0.2) is 24.1 Å². The number of unbranched alkanes of at least 4 members (excludes halogenated alkanes) is 5. The summed E-state index contributed by atoms with van der Waals surface area (Å²) in [4.78, 5) is 19.1. The Morgan fingerprint density at radius 1 is 1.21 bits per heavy atom. The number of hydrogen-bond donors (Lipinski definition) is 3. The van der Waals surface area contributed by atoms with Gasteiger partial charge in [0.1, 0.15) is 12.6 Å². The van der Waals surface area contributed by atoms with E-state index in [1.54, 1.807) is 0 Å². The van der Waals surface area contributed by atoms with Gasteiger partial charge >= 0.3 is 0 Å². The standard InChI is InChI=1S/C17H31N2O4P/c1-2-3-4-5-6-7-8-15-9-11-17(12-10-15)19-13-16(18)14-23-24(20,21)22/h9-12,16,19H,2-8,13-14,18H2,1H3,(H2,20,21,22)/t16-/m0/s1. The summed E-state index contributed by atoms with van der Waals surface area (Å²) in [6.45, 7) is 2.56. The molecule has 7 heteroatoms. The second-order valence-corrected chi connectivity index (χ2v) is 7.42. The van der Waals surface area contributed by atoms with Gasteiger partial charge in [0.2, 0.25) is 0 Å². The Hall–Kier alpha value is -0.910. The lowest BCUT2D eigenvalue weighted by molar-refractivity contribution is -0.420. The van der Waals surface area contributed by atoms with Crippen molar-refractivity contribution in [3.8, 4) is 0 Å². The minimum Gasteiger partial charge on any atom is -0.756 e. The Morgan fingerprint density at radius 3 is 2.46 bits per heavy atom. The van der Waals surface area contributed by atoms with Crippen LogP contribution in [0.5, 0.6) is 0 Å². The summed E-state index contributed by atoms with van der Waals surface area (Å²) in [5, 5.41) is 3.18. The molecular formula is C17H31N2O4P. The van der Waals surface area contributed by atoms with Crippen molar-refractivity contribution >= 4 is 13.5 Å². The summed E-state index contributed by atoms with van der Waals surface area (Å²) in [6.07, 6.45) is 8.91. The van der Waals surface area contributed by atoms with Crippen LogP contribution in [-0.2, 0) is 15.5 Å². The lowest BCUT2D eigenvalue weighted by atomic mass is 10.0. The molecule has 0 aliphatic rings. The molecule has 24 heavy (non-hydrogen) atoms. The lowest BCUT2D eigenvalue weighted by Crippen LogP contribution is -2.66. The van der Waals surface area contributed by atoms with Crippen LogP contribution >= 0.6 is 7.82 Å². The predicted octanol–water partition coefficient (Wildman–Crippen LogP) is 2.09. The maximum atomic E-state index is 10.5. The lowest BCUT2D eigenvalue weighted by Gasteiger charge is -2.17. The van der Waals surface area contributed by atoms with Crippen molar-refractivity contribution in [1.29, 1.82) is 0 Å². The molecule has 0 aromatic heterocycles. The molecule has 2 atom stereocenters. The zero-order valence-corrected chi connectivity index (χ0v) is 15.5. The zero-order chi connectivity index (χ0) is 17.8. The van der Waals surface area contributed by atoms with Crippen LogP contribution in [0.3, 0.4) is 0 Å². The molecule has 0 radical (unpaired) electrons. The number of phosphoric acid groups is 1. The van der Waals surface area contributed by atoms with Gasteiger partial charge in [-0.3, -0.25) is 4.57 Å². The fraction of sp³-hybridized carbons (Fsp3) is 0.647. The first-order chi connectivity index (χ1) is 11.4. The van der Waals surface area contributed by atoms with Crippen LogP contribution in [0.15, 0.2) is 24.3 Å². The number of benzene rings is 1. The number of anilines is 1. The van der Waals surface area contributed by atoms with Crippen molar-refractivity contribution in [2.24, 2.45) is 0 Å². The molecular weight excluding hydrogens is 327 g/mol. The van der Waals surface area contributed by atoms with E-state index in [1.807, 2.05) is 12.1 Å². The average Bonchev–Trinajstić information content (AvgIpc) is 2.54. The Labute approximate surface area is 145 Å². The largest absolute Gasteiger partial charge is 0.756 e. The van der Waals surface area contributed by atoms with Gasteiger partial charge in [-0.25, -0.2) is 0 Å². The first-order valence-corrected chi connectivity index (χ1v) is 10.2. The number of hydrogen-bond acceptors (Lipinski definition) is 4. The van der Waals surface area contributed by atoms with Gasteiger partial charge in [-0.15, -0.1) is 0 Å². The molecule has 1 unspecified atom stereocenters. The predicted molar refractivity (Wildman–Crippen MR) is 94.5 cm³/mol. The third-order valence-corrected chi connectivity index (χ3v) is 4.32. The number of nitrogens with one attached hydrogen (secondary N) is 1. The molecule has 5 N–H and O–H groups in total. The molecule has 0 saturated heterocycles. The van der Waals surface area contributed by atoms with Crippen LogP contribution in [0, 0.1) is 0 Å². The van der Waals surface area contributed by atoms with Crippen LogP contribution in [0.25, 0.3) is 0 Å². The molecule has 0 fully saturated rings. The molecule has 1 aromatic carbocycles. The normalized spacial score (nSPS) is 15.0. The summed E-state index contributed by atoms with van der Waals surface area (Å²) in [7, 11) is -4.66. The number of quaternary nitrogens is 1. The minimum absolute atomic E-state index is 0.138. The van der Waals surface area contributed by atoms with Gasteiger partial charge in [-0.05, 0) is 30.5 Å². The van der Waals surface area contributed by atoms with Crippen molar-refractivity contribution in [2.45, 2.75) is 57.9 Å². The summed E-state index contributed by atoms with van der Waals surface area (Å²) >= 11 is 0. The van der Waals surface area contributed by atoms with Crippen molar-refractivity contribution in [3.05, 3.63) is 29.8 Å². The summed E-state index contributed by atoms with van der Waals surface area (Å²) < 4.78 is 14.9. The second kappa shape index (κ2) is 11.6. The van der Waals surface area contributed by atoms with Gasteiger partial charge in [0, 0.05) is 5.69 Å². The van der Waals surface area contributed by atoms with Gasteiger partial charge in [0.05, 0.1) is 6.54 Å². The number of rotatable bonds is 13. The molecule has 0 bridgehead atoms. The van der Waals surface area contributed by atoms with E-state index in [0.29, 0.717) is 6.54 Å². The van der Waals surface area contributed by atoms with Crippen LogP contribution in [0.1, 0.15) is 51.0 Å². The summed E-state index contributed by atoms with van der Waals surface area (Å²) in [5.74, 6) is 0. The molecule has 0 amide bonds. The molecule has 6 nitrogen and oxygen atoms in total. The van der Waals surface area contributed by atoms with E-state index in [-0.39, 0.29) is 12.6 Å². The van der Waals surface area contributed by atoms with E-state index in [1.165, 1.54) is 44.1 Å². The number of aryl methyl sites for hydroxylation is 1. The Kier molecular flexibility index (Phi) is 10.2. The van der Waals surface area contributed by atoms with Crippen LogP contribution < -0.4 is 15.9 Å². The SMILES string of the molecule is CCCCCCCCc1ccc(NC[C@H]([NH3+])COP(=O)([O-])O)cc1. The van der Waals surface area contributed by atoms with Gasteiger partial charge < -0.3 is 25.4 Å². The van der Waals surface area contributed by atoms with Crippen LogP contribution in [0.2, 0.25) is 0 Å². The maximum Gasteiger partial charge on any atom is 0.265 e. The monoisotopic (exact) mass is 358 g/mol. The third kappa shape index (κ3) is 10.8. The van der Waals surface area contributed by atoms with Gasteiger partial charge in [-0.1, -0.05) is 51.2 Å². The van der Waals surface area contributed by atoms with E-state index in [0.717, 1.165) is 12.1 Å². The van der Waals surface area contributed by atoms with Gasteiger partial charge in [-0.2, -0.15) is 0 Å². The van der Waals surface area contributed by atoms with E-state index in [9.17, 15) is 9.46 Å². The fourth-order valence-corrected chi connectivity index (χ4v) is 2.82. The van der Waals surface area contributed by atoms with Crippen molar-refractivity contribution in [2.75, 3.05) is 18.5 Å². The average molecular weight is 358 g/mol. The van der Waals surface area contributed by atoms with Gasteiger partial charge in [0.25, 0.3) is 7.82 Å². The van der Waals surface area contributed by atoms with E-state index < -0.39 is 7.82 Å². The molecule has 0 heterocycles. The summed E-state index contributed by atoms with van der Waals surface area (Å²) in [5.41, 5.74) is 6.08. The molecule has 0 saturated carbocycles. The smallest absolute Gasteiger partial charge is 0.265 e. The first-order valence-electron chi connectivity index (χ1n) is 8.75. The molecule has 0 spiro atoms. The quantitative estimate of drug-likeness (QED) is 0.369. The second-order valence-electron chi connectivity index (χ2n) is 6.23. The third-order valence-electron chi connectivity index (χ3n) is 3.84. The van der Waals surface area contributed by atoms with E-state index in [2.05, 4.69) is 34.6 Å². The topological polar surface area (TPSA) is 109 Å². The van der Waals surface area contributed by atoms with Crippen molar-refractivity contribution < 1.29 is 24.6 Å². The highest BCUT2D eigenvalue weighted by Gasteiger charge is 2.10. The fourth-order valence-electron chi connectivity index (χ4n) is 2.42. The summed E-state index contributed by atoms with van der Waals surface area (Å²) in [6, 6.07) is 7.99. The highest BCUT2D eigenvalue weighted by molar-refractivity contribution is 7.44. The van der Waals surface area contributed by atoms with Crippen LogP contribution in [0.4, 0.5) is 5.69 Å². The Balaban J connectivity index is 2.21. The molecule has 1 aromatic rings. The highest BCUT2D eigenvalue weighted by Crippen LogP contribution is 2.29. The van der Waals surface area contributed by atoms with Crippen molar-refractivity contribution in [1.82, 2.24) is 0 Å². The zero-order valence-electron chi connectivity index (χ0n) is 14.6. The van der Waals surface area contributed by atoms with E-state index in [4.69, 9.17) is 4.89 Å². The molecule has 1 rings (SSSR count). The molecule has 138 valence electrons. The Bertz CT molecular complexity index is 490. The van der Waals surface area contributed by atoms with E-state index >= 15 is 0 Å². The van der Waals surface area contributed by atoms with Gasteiger partial charge in [0.15, 0.2) is 0 Å².